The number of carbonyl (C=O) groups is 3. The van der Waals surface area contributed by atoms with E-state index in [2.05, 4.69) is 0 Å². The Labute approximate surface area is 176 Å². The van der Waals surface area contributed by atoms with Crippen molar-refractivity contribution in [2.45, 2.75) is 25.3 Å². The predicted molar refractivity (Wildman–Crippen MR) is 110 cm³/mol. The van der Waals surface area contributed by atoms with Crippen molar-refractivity contribution in [3.63, 3.8) is 0 Å². The van der Waals surface area contributed by atoms with Gasteiger partial charge in [0.05, 0.1) is 23.8 Å². The summed E-state index contributed by atoms with van der Waals surface area (Å²) in [6.45, 7) is 2.19. The lowest BCUT2D eigenvalue weighted by atomic mass is 10.1. The molecular formula is C21H27N3O5S. The number of carbonyl (C=O) groups excluding carboxylic acids is 3. The molecule has 3 aliphatic heterocycles. The number of benzene rings is 1. The summed E-state index contributed by atoms with van der Waals surface area (Å²) in [5.41, 5.74) is 0.972. The van der Waals surface area contributed by atoms with Crippen LogP contribution < -0.4 is 0 Å². The molecule has 0 unspecified atom stereocenters. The molecule has 0 aliphatic carbocycles. The van der Waals surface area contributed by atoms with Gasteiger partial charge in [-0.05, 0) is 12.0 Å². The third-order valence-electron chi connectivity index (χ3n) is 6.30. The fourth-order valence-corrected chi connectivity index (χ4v) is 6.32. The zero-order valence-corrected chi connectivity index (χ0v) is 17.7. The largest absolute Gasteiger partial charge is 0.339 e. The van der Waals surface area contributed by atoms with Gasteiger partial charge in [-0.2, -0.15) is 0 Å². The number of amides is 3. The summed E-state index contributed by atoms with van der Waals surface area (Å²) in [5, 5.41) is 0. The molecule has 3 saturated heterocycles. The summed E-state index contributed by atoms with van der Waals surface area (Å²) in [7, 11) is -3.08. The Morgan fingerprint density at radius 1 is 1.00 bits per heavy atom. The minimum Gasteiger partial charge on any atom is -0.339 e. The van der Waals surface area contributed by atoms with Crippen molar-refractivity contribution < 1.29 is 22.8 Å². The molecule has 3 amide bonds. The van der Waals surface area contributed by atoms with Gasteiger partial charge in [0.2, 0.25) is 17.7 Å². The molecule has 0 aromatic heterocycles. The Hall–Kier alpha value is -2.42. The predicted octanol–water partition coefficient (Wildman–Crippen LogP) is -0.0645. The van der Waals surface area contributed by atoms with Gasteiger partial charge in [0.15, 0.2) is 9.84 Å². The molecular weight excluding hydrogens is 406 g/mol. The van der Waals surface area contributed by atoms with Crippen molar-refractivity contribution in [3.8, 4) is 0 Å². The molecule has 0 spiro atoms. The van der Waals surface area contributed by atoms with E-state index in [9.17, 15) is 22.8 Å². The summed E-state index contributed by atoms with van der Waals surface area (Å²) < 4.78 is 23.4. The first kappa shape index (κ1) is 20.8. The maximum atomic E-state index is 12.9. The van der Waals surface area contributed by atoms with Gasteiger partial charge in [0, 0.05) is 45.2 Å². The summed E-state index contributed by atoms with van der Waals surface area (Å²) >= 11 is 0. The molecule has 2 atom stereocenters. The van der Waals surface area contributed by atoms with E-state index in [-0.39, 0.29) is 41.7 Å². The molecule has 30 heavy (non-hydrogen) atoms. The molecule has 8 nitrogen and oxygen atoms in total. The molecule has 4 rings (SSSR count). The Kier molecular flexibility index (Phi) is 5.81. The second kappa shape index (κ2) is 8.37. The molecule has 162 valence electrons. The first-order valence-corrected chi connectivity index (χ1v) is 12.2. The highest BCUT2D eigenvalue weighted by atomic mass is 32.2. The van der Waals surface area contributed by atoms with E-state index in [0.717, 1.165) is 5.56 Å². The number of piperazine rings is 1. The van der Waals surface area contributed by atoms with E-state index in [1.165, 1.54) is 0 Å². The number of hydrogen-bond donors (Lipinski definition) is 0. The number of hydrogen-bond acceptors (Lipinski definition) is 5. The highest BCUT2D eigenvalue weighted by Gasteiger charge is 2.43. The Morgan fingerprint density at radius 3 is 2.30 bits per heavy atom. The maximum Gasteiger partial charge on any atom is 0.228 e. The third-order valence-corrected chi connectivity index (χ3v) is 8.05. The Balaban J connectivity index is 1.28. The zero-order valence-electron chi connectivity index (χ0n) is 16.9. The molecule has 3 fully saturated rings. The van der Waals surface area contributed by atoms with Crippen LogP contribution in [-0.4, -0.2) is 91.1 Å². The average Bonchev–Trinajstić information content (AvgIpc) is 3.30. The topological polar surface area (TPSA) is 95.1 Å². The molecule has 0 bridgehead atoms. The second-order valence-electron chi connectivity index (χ2n) is 8.37. The van der Waals surface area contributed by atoms with Crippen LogP contribution >= 0.6 is 0 Å². The number of nitrogens with zero attached hydrogens (tertiary/aromatic N) is 3. The summed E-state index contributed by atoms with van der Waals surface area (Å²) in [6.07, 6.45) is 0.949. The summed E-state index contributed by atoms with van der Waals surface area (Å²) in [5.74, 6) is -0.458. The third kappa shape index (κ3) is 4.50. The SMILES string of the molecule is O=C(Cc1ccccc1)N1CCN(C(=O)[C@H]2CC(=O)N([C@H]3CCS(=O)(=O)C3)C2)CC1. The van der Waals surface area contributed by atoms with Crippen LogP contribution in [0.2, 0.25) is 0 Å². The second-order valence-corrected chi connectivity index (χ2v) is 10.6. The van der Waals surface area contributed by atoms with Crippen LogP contribution in [-0.2, 0) is 30.6 Å². The van der Waals surface area contributed by atoms with Crippen LogP contribution in [0, 0.1) is 5.92 Å². The minimum absolute atomic E-state index is 0.00184. The van der Waals surface area contributed by atoms with E-state index in [1.54, 1.807) is 14.7 Å². The molecule has 0 saturated carbocycles. The van der Waals surface area contributed by atoms with Gasteiger partial charge in [-0.3, -0.25) is 14.4 Å². The molecule has 0 radical (unpaired) electrons. The Morgan fingerprint density at radius 2 is 1.67 bits per heavy atom. The van der Waals surface area contributed by atoms with Crippen LogP contribution in [0.3, 0.4) is 0 Å². The van der Waals surface area contributed by atoms with Gasteiger partial charge in [0.1, 0.15) is 0 Å². The highest BCUT2D eigenvalue weighted by Crippen LogP contribution is 2.27. The number of sulfone groups is 1. The van der Waals surface area contributed by atoms with Crippen molar-refractivity contribution in [2.24, 2.45) is 5.92 Å². The van der Waals surface area contributed by atoms with Crippen molar-refractivity contribution in [2.75, 3.05) is 44.2 Å². The van der Waals surface area contributed by atoms with E-state index < -0.39 is 15.8 Å². The fourth-order valence-electron chi connectivity index (χ4n) is 4.59. The van der Waals surface area contributed by atoms with Crippen molar-refractivity contribution >= 4 is 27.6 Å². The standard InChI is InChI=1S/C21H27N3O5S/c25-19(12-16-4-2-1-3-5-16)22-7-9-23(10-8-22)21(27)17-13-20(26)24(14-17)18-6-11-30(28,29)15-18/h1-5,17-18H,6-15H2/t17-,18-/m0/s1. The van der Waals surface area contributed by atoms with E-state index in [1.807, 2.05) is 30.3 Å². The molecule has 3 aliphatic rings. The minimum atomic E-state index is -3.08. The lowest BCUT2D eigenvalue weighted by Gasteiger charge is -2.36. The van der Waals surface area contributed by atoms with Gasteiger partial charge < -0.3 is 14.7 Å². The van der Waals surface area contributed by atoms with Crippen LogP contribution in [0.4, 0.5) is 0 Å². The number of likely N-dealkylation sites (tertiary alicyclic amines) is 1. The van der Waals surface area contributed by atoms with Crippen LogP contribution in [0.1, 0.15) is 18.4 Å². The molecule has 1 aromatic rings. The van der Waals surface area contributed by atoms with Crippen molar-refractivity contribution in [1.29, 1.82) is 0 Å². The van der Waals surface area contributed by atoms with Crippen LogP contribution in [0.15, 0.2) is 30.3 Å². The first-order valence-electron chi connectivity index (χ1n) is 10.4. The van der Waals surface area contributed by atoms with Crippen molar-refractivity contribution in [3.05, 3.63) is 35.9 Å². The van der Waals surface area contributed by atoms with Crippen LogP contribution in [0.25, 0.3) is 0 Å². The van der Waals surface area contributed by atoms with Crippen molar-refractivity contribution in [1.82, 2.24) is 14.7 Å². The van der Waals surface area contributed by atoms with E-state index >= 15 is 0 Å². The lowest BCUT2D eigenvalue weighted by molar-refractivity contribution is -0.141. The Bertz CT molecular complexity index is 925. The molecule has 3 heterocycles. The van der Waals surface area contributed by atoms with Gasteiger partial charge in [0.25, 0.3) is 0 Å². The number of rotatable bonds is 4. The van der Waals surface area contributed by atoms with Gasteiger partial charge in [-0.15, -0.1) is 0 Å². The lowest BCUT2D eigenvalue weighted by Crippen LogP contribution is -2.52. The maximum absolute atomic E-state index is 12.9. The quantitative estimate of drug-likeness (QED) is 0.663. The van der Waals surface area contributed by atoms with Gasteiger partial charge >= 0.3 is 0 Å². The summed E-state index contributed by atoms with van der Waals surface area (Å²) in [4.78, 5) is 42.9. The van der Waals surface area contributed by atoms with Gasteiger partial charge in [-0.1, -0.05) is 30.3 Å². The highest BCUT2D eigenvalue weighted by molar-refractivity contribution is 7.91. The summed E-state index contributed by atoms with van der Waals surface area (Å²) in [6, 6.07) is 9.29. The average molecular weight is 434 g/mol. The zero-order chi connectivity index (χ0) is 21.3. The normalized spacial score (nSPS) is 26.3. The fraction of sp³-hybridized carbons (Fsp3) is 0.571. The first-order chi connectivity index (χ1) is 14.3. The molecule has 9 heteroatoms. The molecule has 0 N–H and O–H groups in total. The monoisotopic (exact) mass is 433 g/mol. The van der Waals surface area contributed by atoms with E-state index in [4.69, 9.17) is 0 Å². The van der Waals surface area contributed by atoms with Crippen LogP contribution in [0.5, 0.6) is 0 Å². The smallest absolute Gasteiger partial charge is 0.228 e. The van der Waals surface area contributed by atoms with E-state index in [0.29, 0.717) is 45.6 Å². The van der Waals surface area contributed by atoms with Gasteiger partial charge in [-0.25, -0.2) is 8.42 Å². The molecule has 1 aromatic carbocycles.